The van der Waals surface area contributed by atoms with E-state index in [1.807, 2.05) is 31.2 Å². The summed E-state index contributed by atoms with van der Waals surface area (Å²) in [4.78, 5) is 4.18. The number of hydrogen-bond acceptors (Lipinski definition) is 3. The molecular formula is C15H25N3O2. The number of nitrogens with one attached hydrogen (secondary N) is 2. The molecule has 0 saturated carbocycles. The van der Waals surface area contributed by atoms with E-state index >= 15 is 0 Å². The Balaban J connectivity index is 2.26. The molecule has 0 amide bonds. The van der Waals surface area contributed by atoms with Crippen molar-refractivity contribution in [3.8, 4) is 5.75 Å². The largest absolute Gasteiger partial charge is 0.497 e. The SMILES string of the molecule is CCOCCCNC(=NC)NCc1ccc(OC)cc1. The van der Waals surface area contributed by atoms with Gasteiger partial charge in [0.2, 0.25) is 0 Å². The Hall–Kier alpha value is -1.75. The summed E-state index contributed by atoms with van der Waals surface area (Å²) in [6.45, 7) is 5.13. The van der Waals surface area contributed by atoms with Crippen LogP contribution in [0.15, 0.2) is 29.3 Å². The molecule has 0 heterocycles. The van der Waals surface area contributed by atoms with Gasteiger partial charge in [-0.2, -0.15) is 0 Å². The van der Waals surface area contributed by atoms with Crippen LogP contribution in [0.1, 0.15) is 18.9 Å². The molecule has 0 radical (unpaired) electrons. The zero-order valence-electron chi connectivity index (χ0n) is 12.6. The van der Waals surface area contributed by atoms with Crippen LogP contribution in [0.4, 0.5) is 0 Å². The van der Waals surface area contributed by atoms with E-state index in [1.165, 1.54) is 5.56 Å². The molecule has 0 aliphatic carbocycles. The van der Waals surface area contributed by atoms with Gasteiger partial charge in [0.05, 0.1) is 7.11 Å². The van der Waals surface area contributed by atoms with Crippen molar-refractivity contribution in [2.45, 2.75) is 19.9 Å². The van der Waals surface area contributed by atoms with Crippen LogP contribution in [0.5, 0.6) is 5.75 Å². The van der Waals surface area contributed by atoms with Crippen LogP contribution in [0.3, 0.4) is 0 Å². The van der Waals surface area contributed by atoms with Crippen LogP contribution >= 0.6 is 0 Å². The average Bonchev–Trinajstić information content (AvgIpc) is 2.50. The predicted molar refractivity (Wildman–Crippen MR) is 82.3 cm³/mol. The van der Waals surface area contributed by atoms with Crippen LogP contribution < -0.4 is 15.4 Å². The molecule has 1 aromatic carbocycles. The van der Waals surface area contributed by atoms with Crippen molar-refractivity contribution in [3.63, 3.8) is 0 Å². The summed E-state index contributed by atoms with van der Waals surface area (Å²) < 4.78 is 10.4. The maximum Gasteiger partial charge on any atom is 0.191 e. The molecule has 0 aromatic heterocycles. The first-order chi connectivity index (χ1) is 9.80. The van der Waals surface area contributed by atoms with Crippen LogP contribution in [-0.4, -0.2) is 39.9 Å². The highest BCUT2D eigenvalue weighted by Crippen LogP contribution is 2.10. The monoisotopic (exact) mass is 279 g/mol. The maximum absolute atomic E-state index is 5.29. The molecule has 1 aromatic rings. The summed E-state index contributed by atoms with van der Waals surface area (Å²) in [5, 5.41) is 6.53. The molecule has 0 spiro atoms. The normalized spacial score (nSPS) is 11.2. The molecule has 112 valence electrons. The lowest BCUT2D eigenvalue weighted by Crippen LogP contribution is -2.37. The summed E-state index contributed by atoms with van der Waals surface area (Å²) in [7, 11) is 3.44. The van der Waals surface area contributed by atoms with Gasteiger partial charge >= 0.3 is 0 Å². The maximum atomic E-state index is 5.29. The second-order valence-electron chi connectivity index (χ2n) is 4.25. The summed E-state index contributed by atoms with van der Waals surface area (Å²) in [5.74, 6) is 1.67. The lowest BCUT2D eigenvalue weighted by molar-refractivity contribution is 0.145. The number of methoxy groups -OCH3 is 1. The van der Waals surface area contributed by atoms with E-state index in [1.54, 1.807) is 14.2 Å². The minimum absolute atomic E-state index is 0.731. The van der Waals surface area contributed by atoms with E-state index in [9.17, 15) is 0 Å². The minimum atomic E-state index is 0.731. The van der Waals surface area contributed by atoms with E-state index in [2.05, 4.69) is 15.6 Å². The molecule has 0 atom stereocenters. The molecule has 0 bridgehead atoms. The van der Waals surface area contributed by atoms with Gasteiger partial charge in [0.1, 0.15) is 5.75 Å². The van der Waals surface area contributed by atoms with Gasteiger partial charge in [-0.05, 0) is 31.0 Å². The Morgan fingerprint density at radius 3 is 2.55 bits per heavy atom. The molecule has 0 saturated heterocycles. The number of aliphatic imine (C=N–C) groups is 1. The fourth-order valence-corrected chi connectivity index (χ4v) is 1.68. The van der Waals surface area contributed by atoms with Crippen molar-refractivity contribution < 1.29 is 9.47 Å². The summed E-state index contributed by atoms with van der Waals surface area (Å²) >= 11 is 0. The standard InChI is InChI=1S/C15H25N3O2/c1-4-20-11-5-10-17-15(16-2)18-12-13-6-8-14(19-3)9-7-13/h6-9H,4-5,10-12H2,1-3H3,(H2,16,17,18). The zero-order valence-corrected chi connectivity index (χ0v) is 12.6. The van der Waals surface area contributed by atoms with Crippen molar-refractivity contribution in [3.05, 3.63) is 29.8 Å². The Morgan fingerprint density at radius 1 is 1.20 bits per heavy atom. The summed E-state index contributed by atoms with van der Waals surface area (Å²) in [6, 6.07) is 7.98. The number of nitrogens with zero attached hydrogens (tertiary/aromatic N) is 1. The van der Waals surface area contributed by atoms with Crippen molar-refractivity contribution >= 4 is 5.96 Å². The van der Waals surface area contributed by atoms with E-state index in [4.69, 9.17) is 9.47 Å². The van der Waals surface area contributed by atoms with Gasteiger partial charge in [0.25, 0.3) is 0 Å². The number of ether oxygens (including phenoxy) is 2. The quantitative estimate of drug-likeness (QED) is 0.433. The van der Waals surface area contributed by atoms with Gasteiger partial charge in [-0.25, -0.2) is 0 Å². The van der Waals surface area contributed by atoms with Crippen molar-refractivity contribution in [2.24, 2.45) is 4.99 Å². The van der Waals surface area contributed by atoms with Crippen LogP contribution in [0.2, 0.25) is 0 Å². The van der Waals surface area contributed by atoms with E-state index in [0.29, 0.717) is 0 Å². The third kappa shape index (κ3) is 6.43. The third-order valence-electron chi connectivity index (χ3n) is 2.80. The third-order valence-corrected chi connectivity index (χ3v) is 2.80. The fraction of sp³-hybridized carbons (Fsp3) is 0.533. The molecule has 20 heavy (non-hydrogen) atoms. The van der Waals surface area contributed by atoms with Crippen molar-refractivity contribution in [1.82, 2.24) is 10.6 Å². The topological polar surface area (TPSA) is 54.9 Å². The highest BCUT2D eigenvalue weighted by atomic mass is 16.5. The first-order valence-corrected chi connectivity index (χ1v) is 6.95. The lowest BCUT2D eigenvalue weighted by atomic mass is 10.2. The second-order valence-corrected chi connectivity index (χ2v) is 4.25. The Kier molecular flexibility index (Phi) is 8.22. The number of guanidine groups is 1. The number of rotatable bonds is 8. The fourth-order valence-electron chi connectivity index (χ4n) is 1.68. The average molecular weight is 279 g/mol. The number of benzene rings is 1. The first kappa shape index (κ1) is 16.3. The first-order valence-electron chi connectivity index (χ1n) is 6.95. The Morgan fingerprint density at radius 2 is 1.95 bits per heavy atom. The van der Waals surface area contributed by atoms with Crippen molar-refractivity contribution in [1.29, 1.82) is 0 Å². The molecular weight excluding hydrogens is 254 g/mol. The van der Waals surface area contributed by atoms with Crippen LogP contribution in [-0.2, 0) is 11.3 Å². The van der Waals surface area contributed by atoms with E-state index in [0.717, 1.165) is 44.4 Å². The Bertz CT molecular complexity index is 391. The summed E-state index contributed by atoms with van der Waals surface area (Å²) in [5.41, 5.74) is 1.18. The molecule has 0 fully saturated rings. The zero-order chi connectivity index (χ0) is 14.6. The van der Waals surface area contributed by atoms with Gasteiger partial charge < -0.3 is 20.1 Å². The highest BCUT2D eigenvalue weighted by Gasteiger charge is 1.98. The molecule has 0 unspecified atom stereocenters. The van der Waals surface area contributed by atoms with E-state index < -0.39 is 0 Å². The van der Waals surface area contributed by atoms with Gasteiger partial charge in [-0.1, -0.05) is 12.1 Å². The number of hydrogen-bond donors (Lipinski definition) is 2. The Labute approximate surface area is 121 Å². The van der Waals surface area contributed by atoms with Gasteiger partial charge in [0, 0.05) is 33.4 Å². The predicted octanol–water partition coefficient (Wildman–Crippen LogP) is 1.79. The van der Waals surface area contributed by atoms with E-state index in [-0.39, 0.29) is 0 Å². The molecule has 5 heteroatoms. The highest BCUT2D eigenvalue weighted by molar-refractivity contribution is 5.79. The molecule has 2 N–H and O–H groups in total. The van der Waals surface area contributed by atoms with Crippen LogP contribution in [0, 0.1) is 0 Å². The van der Waals surface area contributed by atoms with Gasteiger partial charge in [0.15, 0.2) is 5.96 Å². The van der Waals surface area contributed by atoms with Crippen molar-refractivity contribution in [2.75, 3.05) is 33.9 Å². The lowest BCUT2D eigenvalue weighted by Gasteiger charge is -2.12. The minimum Gasteiger partial charge on any atom is -0.497 e. The van der Waals surface area contributed by atoms with Crippen LogP contribution in [0.25, 0.3) is 0 Å². The van der Waals surface area contributed by atoms with Gasteiger partial charge in [-0.15, -0.1) is 0 Å². The smallest absolute Gasteiger partial charge is 0.191 e. The molecule has 1 rings (SSSR count). The molecule has 5 nitrogen and oxygen atoms in total. The van der Waals surface area contributed by atoms with Gasteiger partial charge in [-0.3, -0.25) is 4.99 Å². The molecule has 0 aliphatic rings. The second kappa shape index (κ2) is 10.1. The molecule has 0 aliphatic heterocycles. The summed E-state index contributed by atoms with van der Waals surface area (Å²) in [6.07, 6.45) is 0.969.